The molecule has 2 saturated carbocycles. The number of Topliss-reactive ketones (excluding diaryl/α,β-unsaturated/α-hetero) is 1. The summed E-state index contributed by atoms with van der Waals surface area (Å²) in [5.41, 5.74) is 2.44. The third-order valence-electron chi connectivity index (χ3n) is 8.02. The lowest BCUT2D eigenvalue weighted by Gasteiger charge is -2.37. The Morgan fingerprint density at radius 1 is 0.969 bits per heavy atom. The normalized spacial score (nSPS) is 25.9. The molecule has 2 aromatic carbocycles. The van der Waals surface area contributed by atoms with E-state index in [9.17, 15) is 14.3 Å². The van der Waals surface area contributed by atoms with Crippen molar-refractivity contribution in [3.05, 3.63) is 66.0 Å². The smallest absolute Gasteiger partial charge is 0.173 e. The number of carbonyl (C=O) groups is 1. The molecule has 0 heterocycles. The molecule has 2 nitrogen and oxygen atoms in total. The largest absolute Gasteiger partial charge is 0.504 e. The number of phenolic OH excluding ortho intramolecular Hbond substituents is 1. The van der Waals surface area contributed by atoms with Crippen molar-refractivity contribution in [2.75, 3.05) is 0 Å². The Labute approximate surface area is 191 Å². The fraction of sp³-hybridized carbons (Fsp3) is 0.483. The summed E-state index contributed by atoms with van der Waals surface area (Å²) in [6.07, 6.45) is 12.8. The fourth-order valence-electron chi connectivity index (χ4n) is 5.91. The standard InChI is InChI=1S/C29H35FO2/c1-3-19-5-7-20(8-6-19)21-9-11-22(12-10-21)23-13-15-24(16-14-23)25-17-18-26(27(31)4-2)29(32)28(25)30/h3,13-22,32H,1,4-12H2,2H3. The molecule has 0 aromatic heterocycles. The van der Waals surface area contributed by atoms with Crippen LogP contribution in [0, 0.1) is 23.6 Å². The van der Waals surface area contributed by atoms with Gasteiger partial charge in [-0.15, -0.1) is 6.58 Å². The molecule has 0 spiro atoms. The van der Waals surface area contributed by atoms with Gasteiger partial charge in [0.25, 0.3) is 0 Å². The van der Waals surface area contributed by atoms with E-state index in [1.165, 1.54) is 63.0 Å². The first-order valence-corrected chi connectivity index (χ1v) is 12.3. The number of aromatic hydroxyl groups is 1. The van der Waals surface area contributed by atoms with Gasteiger partial charge in [0.2, 0.25) is 0 Å². The van der Waals surface area contributed by atoms with Crippen LogP contribution in [-0.2, 0) is 0 Å². The van der Waals surface area contributed by atoms with Gasteiger partial charge in [-0.3, -0.25) is 4.79 Å². The Bertz CT molecular complexity index is 946. The van der Waals surface area contributed by atoms with Gasteiger partial charge >= 0.3 is 0 Å². The number of hydrogen-bond acceptors (Lipinski definition) is 2. The third-order valence-corrected chi connectivity index (χ3v) is 8.02. The van der Waals surface area contributed by atoms with E-state index in [0.717, 1.165) is 23.3 Å². The van der Waals surface area contributed by atoms with Crippen LogP contribution >= 0.6 is 0 Å². The fourth-order valence-corrected chi connectivity index (χ4v) is 5.91. The molecule has 4 rings (SSSR count). The van der Waals surface area contributed by atoms with Crippen molar-refractivity contribution in [3.8, 4) is 16.9 Å². The minimum Gasteiger partial charge on any atom is -0.504 e. The minimum absolute atomic E-state index is 0.0557. The van der Waals surface area contributed by atoms with Crippen LogP contribution in [-0.4, -0.2) is 10.9 Å². The number of ketones is 1. The number of benzene rings is 2. The molecule has 170 valence electrons. The molecular weight excluding hydrogens is 399 g/mol. The Hall–Kier alpha value is -2.42. The summed E-state index contributed by atoms with van der Waals surface area (Å²) in [6, 6.07) is 11.2. The van der Waals surface area contributed by atoms with Crippen LogP contribution in [0.15, 0.2) is 49.1 Å². The van der Waals surface area contributed by atoms with E-state index < -0.39 is 11.6 Å². The molecular formula is C29H35FO2. The molecule has 3 heteroatoms. The summed E-state index contributed by atoms with van der Waals surface area (Å²) in [4.78, 5) is 11.9. The lowest BCUT2D eigenvalue weighted by atomic mass is 9.68. The van der Waals surface area contributed by atoms with Crippen molar-refractivity contribution < 1.29 is 14.3 Å². The quantitative estimate of drug-likeness (QED) is 0.369. The first kappa shape index (κ1) is 22.8. The molecule has 0 unspecified atom stereocenters. The van der Waals surface area contributed by atoms with E-state index in [4.69, 9.17) is 0 Å². The Kier molecular flexibility index (Phi) is 7.13. The summed E-state index contributed by atoms with van der Waals surface area (Å²) >= 11 is 0. The van der Waals surface area contributed by atoms with Gasteiger partial charge < -0.3 is 5.11 Å². The van der Waals surface area contributed by atoms with Crippen molar-refractivity contribution in [2.24, 2.45) is 17.8 Å². The van der Waals surface area contributed by atoms with Crippen LogP contribution < -0.4 is 0 Å². The lowest BCUT2D eigenvalue weighted by Crippen LogP contribution is -2.25. The van der Waals surface area contributed by atoms with E-state index in [1.807, 2.05) is 12.1 Å². The molecule has 32 heavy (non-hydrogen) atoms. The SMILES string of the molecule is C=CC1CCC(C2CCC(c3ccc(-c4ccc(C(=O)CC)c(O)c4F)cc3)CC2)CC1. The summed E-state index contributed by atoms with van der Waals surface area (Å²) < 4.78 is 14.8. The van der Waals surface area contributed by atoms with E-state index in [0.29, 0.717) is 11.5 Å². The molecule has 0 bridgehead atoms. The molecule has 2 fully saturated rings. The number of phenols is 1. The van der Waals surface area contributed by atoms with E-state index in [2.05, 4.69) is 24.8 Å². The van der Waals surface area contributed by atoms with Gasteiger partial charge in [-0.25, -0.2) is 4.39 Å². The maximum Gasteiger partial charge on any atom is 0.173 e. The van der Waals surface area contributed by atoms with Gasteiger partial charge in [-0.2, -0.15) is 0 Å². The van der Waals surface area contributed by atoms with Crippen molar-refractivity contribution in [1.82, 2.24) is 0 Å². The van der Waals surface area contributed by atoms with Crippen molar-refractivity contribution in [3.63, 3.8) is 0 Å². The Balaban J connectivity index is 1.39. The maximum atomic E-state index is 14.8. The zero-order valence-corrected chi connectivity index (χ0v) is 19.2. The molecule has 2 aromatic rings. The number of hydrogen-bond donors (Lipinski definition) is 1. The van der Waals surface area contributed by atoms with Gasteiger partial charge in [0, 0.05) is 12.0 Å². The highest BCUT2D eigenvalue weighted by molar-refractivity contribution is 5.99. The molecule has 0 amide bonds. The Morgan fingerprint density at radius 2 is 1.56 bits per heavy atom. The number of allylic oxidation sites excluding steroid dienone is 1. The summed E-state index contributed by atoms with van der Waals surface area (Å²) in [7, 11) is 0. The average molecular weight is 435 g/mol. The topological polar surface area (TPSA) is 37.3 Å². The third kappa shape index (κ3) is 4.67. The highest BCUT2D eigenvalue weighted by atomic mass is 19.1. The summed E-state index contributed by atoms with van der Waals surface area (Å²) in [5, 5.41) is 10.2. The molecule has 0 radical (unpaired) electrons. The van der Waals surface area contributed by atoms with E-state index >= 15 is 0 Å². The molecule has 2 aliphatic rings. The predicted molar refractivity (Wildman–Crippen MR) is 128 cm³/mol. The molecule has 0 aliphatic heterocycles. The van der Waals surface area contributed by atoms with Crippen LogP contribution in [0.25, 0.3) is 11.1 Å². The molecule has 2 aliphatic carbocycles. The van der Waals surface area contributed by atoms with Crippen molar-refractivity contribution >= 4 is 5.78 Å². The molecule has 0 atom stereocenters. The van der Waals surface area contributed by atoms with E-state index in [-0.39, 0.29) is 17.8 Å². The van der Waals surface area contributed by atoms with E-state index in [1.54, 1.807) is 13.0 Å². The second-order valence-corrected chi connectivity index (χ2v) is 9.74. The van der Waals surface area contributed by atoms with Crippen molar-refractivity contribution in [1.29, 1.82) is 0 Å². The van der Waals surface area contributed by atoms with Crippen LogP contribution in [0.5, 0.6) is 5.75 Å². The Morgan fingerprint density at radius 3 is 2.12 bits per heavy atom. The highest BCUT2D eigenvalue weighted by Gasteiger charge is 2.30. The first-order chi connectivity index (χ1) is 15.5. The predicted octanol–water partition coefficient (Wildman–Crippen LogP) is 8.06. The van der Waals surface area contributed by atoms with Crippen LogP contribution in [0.3, 0.4) is 0 Å². The molecule has 0 saturated heterocycles. The molecule has 1 N–H and O–H groups in total. The summed E-state index contributed by atoms with van der Waals surface area (Å²) in [6.45, 7) is 5.67. The summed E-state index contributed by atoms with van der Waals surface area (Å²) in [5.74, 6) is 1.56. The zero-order valence-electron chi connectivity index (χ0n) is 19.2. The van der Waals surface area contributed by atoms with Crippen molar-refractivity contribution in [2.45, 2.75) is 70.6 Å². The van der Waals surface area contributed by atoms with Gasteiger partial charge in [0.05, 0.1) is 5.56 Å². The highest BCUT2D eigenvalue weighted by Crippen LogP contribution is 2.44. The number of rotatable bonds is 6. The number of carbonyl (C=O) groups excluding carboxylic acids is 1. The van der Waals surface area contributed by atoms with Gasteiger partial charge in [0.1, 0.15) is 0 Å². The minimum atomic E-state index is -0.719. The van der Waals surface area contributed by atoms with Crippen LogP contribution in [0.4, 0.5) is 4.39 Å². The zero-order chi connectivity index (χ0) is 22.7. The second kappa shape index (κ2) is 10.0. The second-order valence-electron chi connectivity index (χ2n) is 9.74. The first-order valence-electron chi connectivity index (χ1n) is 12.3. The lowest BCUT2D eigenvalue weighted by molar-refractivity contribution is 0.0985. The van der Waals surface area contributed by atoms with Gasteiger partial charge in [0.15, 0.2) is 17.3 Å². The van der Waals surface area contributed by atoms with Gasteiger partial charge in [-0.1, -0.05) is 43.3 Å². The van der Waals surface area contributed by atoms with Gasteiger partial charge in [-0.05, 0) is 92.2 Å². The number of halogens is 1. The average Bonchev–Trinajstić information content (AvgIpc) is 2.85. The monoisotopic (exact) mass is 434 g/mol. The maximum absolute atomic E-state index is 14.8. The van der Waals surface area contributed by atoms with Crippen LogP contribution in [0.2, 0.25) is 0 Å². The van der Waals surface area contributed by atoms with Crippen LogP contribution in [0.1, 0.15) is 86.6 Å².